The highest BCUT2D eigenvalue weighted by atomic mass is 16.7. The maximum absolute atomic E-state index is 14.1. The number of rotatable bonds is 6. The first-order chi connectivity index (χ1) is 22.5. The Morgan fingerprint density at radius 1 is 1.04 bits per heavy atom. The smallest absolute Gasteiger partial charge is 0.341 e. The minimum atomic E-state index is -2.15. The standard InChI is InChI=1S/C32H42O16/c1-11(2)6-16(35)46-24-18-12(3)23(48-28-21(39)20(38)19(37)14(9-33)45-28)13(34)8-30(18,4)25-22(40)26(41)32(29(42)43-5)15-7-17(36)47-27(24)31(15,25)10-44-32/h6,14-15,18-22,24-28,33,37-41H,7-10H2,1-5H3. The number of hydrogen-bond donors (Lipinski definition) is 6. The minimum Gasteiger partial charge on any atom is -0.467 e. The molecular weight excluding hydrogens is 640 g/mol. The Labute approximate surface area is 275 Å². The Balaban J connectivity index is 1.52. The maximum Gasteiger partial charge on any atom is 0.341 e. The topological polar surface area (TPSA) is 245 Å². The van der Waals surface area contributed by atoms with Crippen LogP contribution in [-0.2, 0) is 47.6 Å². The minimum absolute atomic E-state index is 0.152. The third-order valence-electron chi connectivity index (χ3n) is 11.5. The van der Waals surface area contributed by atoms with Gasteiger partial charge in [0.15, 0.2) is 17.1 Å². The third kappa shape index (κ3) is 4.57. The van der Waals surface area contributed by atoms with Gasteiger partial charge in [0.1, 0.15) is 42.7 Å². The number of aliphatic hydroxyl groups excluding tert-OH is 6. The predicted molar refractivity (Wildman–Crippen MR) is 155 cm³/mol. The van der Waals surface area contributed by atoms with Gasteiger partial charge in [0.05, 0.1) is 32.8 Å². The zero-order valence-corrected chi connectivity index (χ0v) is 27.1. The number of methoxy groups -OCH3 is 1. The summed E-state index contributed by atoms with van der Waals surface area (Å²) in [6.07, 6.45) is -14.2. The molecule has 3 aliphatic heterocycles. The lowest BCUT2D eigenvalue weighted by molar-refractivity contribution is -0.300. The fourth-order valence-electron chi connectivity index (χ4n) is 9.79. The van der Waals surface area contributed by atoms with E-state index in [4.69, 9.17) is 28.4 Å². The van der Waals surface area contributed by atoms with Crippen LogP contribution in [0.25, 0.3) is 0 Å². The van der Waals surface area contributed by atoms with Gasteiger partial charge < -0.3 is 59.1 Å². The number of esters is 3. The molecule has 15 atom stereocenters. The first kappa shape index (κ1) is 34.9. The van der Waals surface area contributed by atoms with E-state index in [-0.39, 0.29) is 24.4 Å². The first-order valence-corrected chi connectivity index (χ1v) is 15.9. The van der Waals surface area contributed by atoms with E-state index in [0.29, 0.717) is 5.57 Å². The second kappa shape index (κ2) is 11.8. The highest BCUT2D eigenvalue weighted by molar-refractivity contribution is 5.96. The van der Waals surface area contributed by atoms with Gasteiger partial charge in [-0.15, -0.1) is 0 Å². The number of carbonyl (C=O) groups is 4. The van der Waals surface area contributed by atoms with E-state index in [1.165, 1.54) is 13.0 Å². The Kier molecular flexibility index (Phi) is 8.60. The van der Waals surface area contributed by atoms with Crippen LogP contribution in [0.5, 0.6) is 0 Å². The Bertz CT molecular complexity index is 1450. The van der Waals surface area contributed by atoms with Crippen molar-refractivity contribution in [3.8, 4) is 0 Å². The van der Waals surface area contributed by atoms with Crippen LogP contribution >= 0.6 is 0 Å². The van der Waals surface area contributed by atoms with Crippen molar-refractivity contribution in [2.75, 3.05) is 20.3 Å². The number of fused-ring (bicyclic) bond motifs is 2. The lowest BCUT2D eigenvalue weighted by Gasteiger charge is -2.68. The van der Waals surface area contributed by atoms with Crippen LogP contribution in [0.15, 0.2) is 23.0 Å². The van der Waals surface area contributed by atoms with Crippen molar-refractivity contribution in [3.05, 3.63) is 23.0 Å². The number of hydrogen-bond acceptors (Lipinski definition) is 16. The number of carbonyl (C=O) groups excluding carboxylic acids is 4. The second-order valence-corrected chi connectivity index (χ2v) is 14.3. The first-order valence-electron chi connectivity index (χ1n) is 15.9. The van der Waals surface area contributed by atoms with Crippen LogP contribution in [0.3, 0.4) is 0 Å². The molecule has 6 rings (SSSR count). The van der Waals surface area contributed by atoms with Gasteiger partial charge in [-0.1, -0.05) is 12.5 Å². The number of ether oxygens (including phenoxy) is 6. The summed E-state index contributed by atoms with van der Waals surface area (Å²) in [6.45, 7) is 5.46. The number of Topliss-reactive ketones (excluding diaryl/α,β-unsaturated/α-hetero) is 1. The monoisotopic (exact) mass is 682 g/mol. The lowest BCUT2D eigenvalue weighted by atomic mass is 9.38. The molecule has 0 aromatic rings. The molecule has 0 radical (unpaired) electrons. The van der Waals surface area contributed by atoms with E-state index in [1.807, 2.05) is 0 Å². The van der Waals surface area contributed by atoms with Crippen molar-refractivity contribution in [1.82, 2.24) is 0 Å². The summed E-state index contributed by atoms with van der Waals surface area (Å²) >= 11 is 0. The fourth-order valence-corrected chi connectivity index (χ4v) is 9.79. The van der Waals surface area contributed by atoms with Gasteiger partial charge in [0, 0.05) is 35.7 Å². The highest BCUT2D eigenvalue weighted by Crippen LogP contribution is 2.73. The zero-order valence-electron chi connectivity index (χ0n) is 27.1. The molecule has 3 heterocycles. The molecule has 1 spiro atoms. The molecule has 266 valence electrons. The van der Waals surface area contributed by atoms with Crippen molar-refractivity contribution < 1.29 is 78.2 Å². The van der Waals surface area contributed by atoms with Crippen LogP contribution in [0.1, 0.15) is 40.5 Å². The van der Waals surface area contributed by atoms with Gasteiger partial charge in [-0.25, -0.2) is 9.59 Å². The summed E-state index contributed by atoms with van der Waals surface area (Å²) < 4.78 is 34.5. The molecule has 5 fully saturated rings. The highest BCUT2D eigenvalue weighted by Gasteiger charge is 2.84. The molecule has 6 aliphatic rings. The summed E-state index contributed by atoms with van der Waals surface area (Å²) in [7, 11) is 1.09. The second-order valence-electron chi connectivity index (χ2n) is 14.3. The molecule has 16 nitrogen and oxygen atoms in total. The SMILES string of the molecule is COC(=O)C12OCC34C(OC(=O)CC13)C(OC(=O)C=C(C)C)C1C(C)=C(OC3OC(CO)C(O)C(O)C3O)C(=O)CC1(C)C4C(O)C2O. The summed E-state index contributed by atoms with van der Waals surface area (Å²) in [5.74, 6) is -6.76. The predicted octanol–water partition coefficient (Wildman–Crippen LogP) is -2.22. The molecule has 15 unspecified atom stereocenters. The van der Waals surface area contributed by atoms with Gasteiger partial charge in [-0.05, 0) is 31.8 Å². The largest absolute Gasteiger partial charge is 0.467 e. The molecule has 48 heavy (non-hydrogen) atoms. The summed E-state index contributed by atoms with van der Waals surface area (Å²) in [4.78, 5) is 54.0. The van der Waals surface area contributed by atoms with E-state index in [2.05, 4.69) is 0 Å². The van der Waals surface area contributed by atoms with E-state index < -0.39 is 126 Å². The van der Waals surface area contributed by atoms with E-state index >= 15 is 0 Å². The number of aliphatic hydroxyl groups is 6. The molecule has 0 amide bonds. The van der Waals surface area contributed by atoms with Gasteiger partial charge in [-0.2, -0.15) is 0 Å². The van der Waals surface area contributed by atoms with Crippen LogP contribution < -0.4 is 0 Å². The Hall–Kier alpha value is -2.96. The summed E-state index contributed by atoms with van der Waals surface area (Å²) in [5, 5.41) is 64.4. The molecule has 0 aromatic carbocycles. The quantitative estimate of drug-likeness (QED) is 0.0987. The average Bonchev–Trinajstić information content (AvgIpc) is 3.30. The molecule has 0 aromatic heterocycles. The van der Waals surface area contributed by atoms with Crippen LogP contribution in [0.4, 0.5) is 0 Å². The summed E-state index contributed by atoms with van der Waals surface area (Å²) in [5.41, 5.74) is -4.19. The van der Waals surface area contributed by atoms with Gasteiger partial charge >= 0.3 is 17.9 Å². The lowest BCUT2D eigenvalue weighted by Crippen LogP contribution is -2.79. The molecular formula is C32H42O16. The van der Waals surface area contributed by atoms with Gasteiger partial charge in [0.2, 0.25) is 6.29 Å². The molecule has 3 saturated heterocycles. The molecule has 2 saturated carbocycles. The van der Waals surface area contributed by atoms with Crippen LogP contribution in [0, 0.1) is 28.6 Å². The van der Waals surface area contributed by atoms with Crippen LogP contribution in [0.2, 0.25) is 0 Å². The van der Waals surface area contributed by atoms with E-state index in [9.17, 15) is 49.8 Å². The van der Waals surface area contributed by atoms with Gasteiger partial charge in [-0.3, -0.25) is 9.59 Å². The molecule has 2 bridgehead atoms. The maximum atomic E-state index is 14.1. The number of allylic oxidation sites excluding steroid dienone is 2. The molecule has 6 N–H and O–H groups in total. The fraction of sp³-hybridized carbons (Fsp3) is 0.750. The van der Waals surface area contributed by atoms with E-state index in [0.717, 1.165) is 7.11 Å². The third-order valence-corrected chi connectivity index (χ3v) is 11.5. The van der Waals surface area contributed by atoms with Crippen molar-refractivity contribution in [3.63, 3.8) is 0 Å². The van der Waals surface area contributed by atoms with Crippen molar-refractivity contribution >= 4 is 23.7 Å². The molecule has 16 heteroatoms. The zero-order chi connectivity index (χ0) is 35.2. The van der Waals surface area contributed by atoms with Crippen LogP contribution in [-0.4, -0.2) is 135 Å². The van der Waals surface area contributed by atoms with Crippen molar-refractivity contribution in [2.45, 2.75) is 101 Å². The molecule has 3 aliphatic carbocycles. The van der Waals surface area contributed by atoms with Crippen molar-refractivity contribution in [1.29, 1.82) is 0 Å². The van der Waals surface area contributed by atoms with Gasteiger partial charge in [0.25, 0.3) is 0 Å². The Morgan fingerprint density at radius 3 is 2.35 bits per heavy atom. The summed E-state index contributed by atoms with van der Waals surface area (Å²) in [6, 6.07) is 0. The Morgan fingerprint density at radius 2 is 1.73 bits per heavy atom. The normalized spacial score (nSPS) is 47.7. The van der Waals surface area contributed by atoms with E-state index in [1.54, 1.807) is 20.8 Å². The number of ketones is 1. The van der Waals surface area contributed by atoms with Crippen molar-refractivity contribution in [2.24, 2.45) is 28.6 Å². The average molecular weight is 683 g/mol.